The Morgan fingerprint density at radius 1 is 0.518 bits per heavy atom. The number of allylic oxidation sites excluding steroid dienone is 1. The van der Waals surface area contributed by atoms with Gasteiger partial charge in [-0.25, -0.2) is 0 Å². The summed E-state index contributed by atoms with van der Waals surface area (Å²) in [7, 11) is 0. The second-order valence-electron chi connectivity index (χ2n) is 22.8. The summed E-state index contributed by atoms with van der Waals surface area (Å²) in [5.41, 5.74) is 8.06. The summed E-state index contributed by atoms with van der Waals surface area (Å²) < 4.78 is 38.2. The predicted octanol–water partition coefficient (Wildman–Crippen LogP) is 23.0. The maximum absolute atomic E-state index is 10.7. The van der Waals surface area contributed by atoms with E-state index in [1.165, 1.54) is 50.4 Å². The first-order chi connectivity index (χ1) is 53.1. The Morgan fingerprint density at radius 3 is 1.06 bits per heavy atom. The van der Waals surface area contributed by atoms with Gasteiger partial charge in [0.25, 0.3) is 0 Å². The van der Waals surface area contributed by atoms with Crippen molar-refractivity contribution in [3.8, 4) is 0 Å². The second kappa shape index (κ2) is 94.3. The van der Waals surface area contributed by atoms with E-state index in [2.05, 4.69) is 231 Å². The van der Waals surface area contributed by atoms with E-state index in [0.717, 1.165) is 191 Å². The fourth-order valence-corrected chi connectivity index (χ4v) is 9.73. The summed E-state index contributed by atoms with van der Waals surface area (Å²) in [5.74, 6) is -0.580. The van der Waals surface area contributed by atoms with Gasteiger partial charge in [0.05, 0.1) is 32.7 Å². The molecule has 0 aliphatic rings. The molecule has 0 spiro atoms. The number of ether oxygens (including phenoxy) is 5. The van der Waals surface area contributed by atoms with Crippen molar-refractivity contribution in [3.63, 3.8) is 0 Å². The number of unbranched alkanes of at least 4 members (excludes halogenated alkanes) is 10. The Kier molecular flexibility index (Phi) is 103. The first-order valence-electron chi connectivity index (χ1n) is 36.5. The van der Waals surface area contributed by atoms with Crippen molar-refractivity contribution in [3.05, 3.63) is 175 Å². The first kappa shape index (κ1) is 123. The molecule has 0 aliphatic heterocycles. The molecule has 642 valence electrons. The van der Waals surface area contributed by atoms with Crippen molar-refractivity contribution >= 4 is 230 Å². The number of hydrogen-bond acceptors (Lipinski definition) is 19. The van der Waals surface area contributed by atoms with Crippen LogP contribution in [0.4, 0.5) is 28.4 Å². The number of nitrogens with one attached hydrogen (secondary N) is 1. The number of halogens is 11. The van der Waals surface area contributed by atoms with Crippen LogP contribution < -0.4 is 38.2 Å². The van der Waals surface area contributed by atoms with Crippen molar-refractivity contribution in [2.45, 2.75) is 166 Å². The van der Waals surface area contributed by atoms with Gasteiger partial charge in [0, 0.05) is 174 Å². The Morgan fingerprint density at radius 2 is 0.812 bits per heavy atom. The van der Waals surface area contributed by atoms with Crippen LogP contribution in [-0.4, -0.2) is 146 Å². The van der Waals surface area contributed by atoms with Crippen LogP contribution in [0, 0.1) is 0 Å². The number of carbonyl (C=O) groups excluding carboxylic acids is 6. The molecule has 0 amide bonds. The third-order valence-electron chi connectivity index (χ3n) is 14.6. The molecule has 0 saturated carbocycles. The molecule has 0 bridgehead atoms. The zero-order valence-electron chi connectivity index (χ0n) is 66.0. The number of hydrogen-bond donors (Lipinski definition) is 2. The van der Waals surface area contributed by atoms with E-state index in [1.54, 1.807) is 6.08 Å². The van der Waals surface area contributed by atoms with E-state index in [0.29, 0.717) is 56.4 Å². The Balaban J connectivity index is -0.000000230. The number of alkyl halides is 1. The van der Waals surface area contributed by atoms with Gasteiger partial charge in [-0.1, -0.05) is 72.4 Å². The summed E-state index contributed by atoms with van der Waals surface area (Å²) >= 11 is 31.4. The molecule has 0 aliphatic carbocycles. The van der Waals surface area contributed by atoms with Gasteiger partial charge in [0.15, 0.2) is 6.79 Å². The van der Waals surface area contributed by atoms with E-state index in [9.17, 15) is 33.3 Å². The minimum Gasteiger partial charge on any atom is -0.271 e. The molecule has 31 heteroatoms. The topological polar surface area (TPSA) is 220 Å². The van der Waals surface area contributed by atoms with Gasteiger partial charge in [-0.3, -0.25) is 33.3 Å². The van der Waals surface area contributed by atoms with Crippen LogP contribution in [0.25, 0.3) is 0 Å². The zero-order chi connectivity index (χ0) is 83.5. The third kappa shape index (κ3) is 85.6. The maximum atomic E-state index is 10.7. The van der Waals surface area contributed by atoms with Gasteiger partial charge in [-0.2, -0.15) is 0 Å². The number of benzene rings is 5. The minimum atomic E-state index is -3.22. The molecule has 0 fully saturated rings. The Labute approximate surface area is 771 Å². The number of nitrogens with zero attached hydrogens (tertiary/aromatic N) is 4. The number of rotatable bonds is 45. The number of aliphatic hydroxyl groups is 1. The fraction of sp³-hybridized carbons (Fsp3) is 0.506. The molecule has 0 atom stereocenters. The second-order valence-corrected chi connectivity index (χ2v) is 46.6. The molecular weight excluding hydrogens is 2280 g/mol. The van der Waals surface area contributed by atoms with Gasteiger partial charge >= 0.3 is 73.6 Å². The summed E-state index contributed by atoms with van der Waals surface area (Å²) in [5, 5.41) is 9.74. The monoisotopic (exact) mass is 2400 g/mol. The molecule has 19 nitrogen and oxygen atoms in total. The van der Waals surface area contributed by atoms with E-state index in [-0.39, 0.29) is 62.7 Å². The quantitative estimate of drug-likeness (QED) is 0.00426. The smallest absolute Gasteiger partial charge is 0.271 e. The van der Waals surface area contributed by atoms with Crippen LogP contribution in [-0.2, 0) is 46.9 Å². The largest absolute Gasteiger partial charge is 0.339 e. The van der Waals surface area contributed by atoms with Crippen molar-refractivity contribution in [1.29, 1.82) is 0 Å². The normalized spacial score (nSPS) is 9.63. The van der Waals surface area contributed by atoms with Gasteiger partial charge in [-0.15, -0.1) is 24.0 Å². The average molecular weight is 2410 g/mol. The van der Waals surface area contributed by atoms with Crippen LogP contribution >= 0.6 is 165 Å². The summed E-state index contributed by atoms with van der Waals surface area (Å²) in [6.07, 6.45) is 22.8. The molecule has 0 heterocycles. The van der Waals surface area contributed by atoms with Crippen LogP contribution in [0.3, 0.4) is 0 Å². The number of aliphatic hydroxyl groups excluding tert-OH is 1. The van der Waals surface area contributed by atoms with Gasteiger partial charge in [0.1, 0.15) is 37.0 Å². The molecule has 112 heavy (non-hydrogen) atoms. The first-order valence-corrected chi connectivity index (χ1v) is 61.2. The summed E-state index contributed by atoms with van der Waals surface area (Å²) in [6.45, 7) is 32.1. The van der Waals surface area contributed by atoms with Crippen LogP contribution in [0.1, 0.15) is 197 Å². The number of para-hydroxylation sites is 2. The molecule has 0 aromatic heterocycles. The van der Waals surface area contributed by atoms with E-state index < -0.39 is 5.20 Å². The van der Waals surface area contributed by atoms with E-state index in [4.69, 9.17) is 40.7 Å². The van der Waals surface area contributed by atoms with E-state index in [1.807, 2.05) is 104 Å². The summed E-state index contributed by atoms with van der Waals surface area (Å²) in [6, 6.07) is 43.7. The predicted molar refractivity (Wildman–Crippen MR) is 521 cm³/mol. The standard InChI is InChI=1S/C17H25NO3.C16H23NO3.C15H23NO2.C14H21NO2.C8H11N.C7H13BrO2.C3H5ClO.CH4.Cl3OP.I3.I2.HI/c1-3-18(17-10-8-16(14-19)9-11-17)12-6-5-7-13-21-15-20-4-2;1-3-17(11-5-4-6-12-20-14(2)19)16-9-7-15(13-18)8-10-16;1-3-16(15-10-6-4-7-11-15)12-8-5-9-13-18-14(2)17;1-2-15(10-4-3-5-11-16)14-8-6-13(12-17)7-9-14;1-2-9-8-6-4-3-5-7-8;1-7(9)10-6-4-2-3-5-8;1-2-3-5-4;;1-5(2,3)4;1-3-2;1-2;/h4,8-11,14H,2-3,5-7,12-13,15H2,1H3;7-10,13H,3-6,11-12H2,1-2H3;4,6-7,10-11H,3,5,8-9,12-13H2,1-2H3;6-9,12,16H,2-5,10-11H2,1H3;3-7,9H,2H2,1H3;2-6H2,1H3;2-3H,1H3;1H4;;;;1H/q;;;;;;;;;-1;;/b;;;;;;3-2-;;;;;. The van der Waals surface area contributed by atoms with Crippen LogP contribution in [0.2, 0.25) is 0 Å². The van der Waals surface area contributed by atoms with Gasteiger partial charge < -0.3 is 58.0 Å². The molecule has 2 N–H and O–H groups in total. The van der Waals surface area contributed by atoms with Crippen LogP contribution in [0.15, 0.2) is 159 Å². The van der Waals surface area contributed by atoms with Crippen molar-refractivity contribution in [1.82, 2.24) is 0 Å². The fourth-order valence-electron chi connectivity index (χ4n) is 9.23. The van der Waals surface area contributed by atoms with Crippen LogP contribution in [0.5, 0.6) is 0 Å². The molecule has 0 radical (unpaired) electrons. The van der Waals surface area contributed by atoms with E-state index >= 15 is 0 Å². The van der Waals surface area contributed by atoms with Crippen molar-refractivity contribution in [2.24, 2.45) is 0 Å². The maximum Gasteiger partial charge on any atom is 0.339 e. The number of esters is 3. The number of anilines is 5. The van der Waals surface area contributed by atoms with Gasteiger partial charge in [-0.05, 0) is 269 Å². The molecule has 0 unspecified atom stereocenters. The Bertz CT molecular complexity index is 2990. The molecule has 0 saturated heterocycles. The van der Waals surface area contributed by atoms with Crippen molar-refractivity contribution < 1.29 is 79.7 Å². The minimum absolute atomic E-state index is 0. The van der Waals surface area contributed by atoms with Gasteiger partial charge in [0.2, 0.25) is 0 Å². The third-order valence-corrected chi connectivity index (χ3v) is 15.2. The summed E-state index contributed by atoms with van der Waals surface area (Å²) in [4.78, 5) is 72.5. The zero-order valence-corrected chi connectivity index (χ0v) is 84.6. The van der Waals surface area contributed by atoms with Crippen molar-refractivity contribution in [2.75, 3.05) is 129 Å². The Hall–Kier alpha value is -2.23. The number of aldehydes is 3. The molecular formula is C81H126BrCl4I6N5O14P-. The molecule has 5 aromatic carbocycles. The molecule has 5 aromatic rings. The SMILES string of the molecule is C.C/C=C\OCl.C=COCOCCCCCN(CC)c1ccc(C=O)cc1.CC(=O)OCCCCCBr.CCN(CCCCCO)c1ccc(C=O)cc1.CCN(CCCCCOC(C)=O)c1ccc(C=O)cc1.CCN(CCCCCOC(C)=O)c1ccccc1.CCNc1ccccc1.I.II.I[I-]I.O=P(Cl)(Cl)Cl. The average Bonchev–Trinajstić information content (AvgIpc) is 0.864. The molecule has 5 rings (SSSR count). The number of carbonyl (C=O) groups is 6.